The molecule has 0 bridgehead atoms. The molecule has 168 valence electrons. The molecule has 33 heavy (non-hydrogen) atoms. The molecule has 0 aliphatic heterocycles. The second-order valence-electron chi connectivity index (χ2n) is 8.30. The first-order valence-corrected chi connectivity index (χ1v) is 10.5. The van der Waals surface area contributed by atoms with Gasteiger partial charge in [0.05, 0.1) is 23.3 Å². The molecule has 1 aliphatic rings. The average Bonchev–Trinajstić information content (AvgIpc) is 3.44. The molecule has 5 rings (SSSR count). The average molecular weight is 448 g/mol. The number of hydrogen-bond donors (Lipinski definition) is 2. The van der Waals surface area contributed by atoms with Gasteiger partial charge in [0, 0.05) is 40.3 Å². The fraction of sp³-hybridized carbons (Fsp3) is 0.261. The number of benzene rings is 1. The number of pyridine rings is 1. The smallest absolute Gasteiger partial charge is 0.267 e. The summed E-state index contributed by atoms with van der Waals surface area (Å²) in [5.41, 5.74) is 14.0. The first-order valence-electron chi connectivity index (χ1n) is 10.5. The molecule has 3 aromatic heterocycles. The zero-order valence-electron chi connectivity index (χ0n) is 18.1. The van der Waals surface area contributed by atoms with Gasteiger partial charge in [0.25, 0.3) is 5.91 Å². The third-order valence-electron chi connectivity index (χ3n) is 5.93. The number of amides is 2. The van der Waals surface area contributed by atoms with Gasteiger partial charge in [-0.15, -0.1) is 0 Å². The molecule has 0 spiro atoms. The third kappa shape index (κ3) is 3.53. The lowest BCUT2D eigenvalue weighted by Gasteiger charge is -2.14. The van der Waals surface area contributed by atoms with Gasteiger partial charge in [-0.25, -0.2) is 9.37 Å². The molecule has 0 atom stereocenters. The highest BCUT2D eigenvalue weighted by Gasteiger charge is 2.29. The summed E-state index contributed by atoms with van der Waals surface area (Å²) in [6.45, 7) is 3.90. The molecule has 3 heterocycles. The zero-order valence-corrected chi connectivity index (χ0v) is 18.1. The van der Waals surface area contributed by atoms with Crippen molar-refractivity contribution in [3.8, 4) is 11.1 Å². The van der Waals surface area contributed by atoms with Crippen LogP contribution >= 0.6 is 0 Å². The van der Waals surface area contributed by atoms with Crippen LogP contribution < -0.4 is 11.5 Å². The van der Waals surface area contributed by atoms with E-state index in [-0.39, 0.29) is 22.3 Å². The Balaban J connectivity index is 1.70. The molecule has 1 saturated carbocycles. The minimum Gasteiger partial charge on any atom is -0.366 e. The lowest BCUT2D eigenvalue weighted by Crippen LogP contribution is -2.21. The Morgan fingerprint density at radius 2 is 1.91 bits per heavy atom. The summed E-state index contributed by atoms with van der Waals surface area (Å²) in [5.74, 6) is -0.914. The van der Waals surface area contributed by atoms with Crippen LogP contribution in [0.4, 0.5) is 4.39 Å². The SMILES string of the molecule is Cc1nn(Cc2cc(C3CC3)on2)c(C)c1-c1c(C(N)=O)nc2cc(F)ccc2c1C(N)=O. The molecule has 1 aromatic carbocycles. The molecule has 0 unspecified atom stereocenters. The fourth-order valence-electron chi connectivity index (χ4n) is 4.24. The number of aromatic nitrogens is 4. The van der Waals surface area contributed by atoms with Crippen molar-refractivity contribution in [2.75, 3.05) is 0 Å². The van der Waals surface area contributed by atoms with Crippen LogP contribution in [0.25, 0.3) is 22.0 Å². The predicted octanol–water partition coefficient (Wildman–Crippen LogP) is 2.97. The number of carbonyl (C=O) groups excluding carboxylic acids is 2. The lowest BCUT2D eigenvalue weighted by molar-refractivity contribution is 0.0996. The van der Waals surface area contributed by atoms with Gasteiger partial charge in [0.1, 0.15) is 23.0 Å². The van der Waals surface area contributed by atoms with Crippen LogP contribution in [-0.2, 0) is 6.54 Å². The number of halogens is 1. The normalized spacial score (nSPS) is 13.5. The van der Waals surface area contributed by atoms with E-state index in [1.807, 2.05) is 13.0 Å². The van der Waals surface area contributed by atoms with Gasteiger partial charge >= 0.3 is 0 Å². The van der Waals surface area contributed by atoms with E-state index in [9.17, 15) is 14.0 Å². The van der Waals surface area contributed by atoms with E-state index in [4.69, 9.17) is 16.0 Å². The van der Waals surface area contributed by atoms with Crippen molar-refractivity contribution in [3.05, 3.63) is 64.2 Å². The Bertz CT molecular complexity index is 1450. The molecule has 0 radical (unpaired) electrons. The largest absolute Gasteiger partial charge is 0.366 e. The number of fused-ring (bicyclic) bond motifs is 1. The molecular formula is C23H21FN6O3. The van der Waals surface area contributed by atoms with Gasteiger partial charge in [0.2, 0.25) is 5.91 Å². The second kappa shape index (κ2) is 7.51. The number of nitrogens with zero attached hydrogens (tertiary/aromatic N) is 4. The Labute approximate surface area is 187 Å². The van der Waals surface area contributed by atoms with E-state index >= 15 is 0 Å². The van der Waals surface area contributed by atoms with Crippen molar-refractivity contribution in [3.63, 3.8) is 0 Å². The molecule has 2 amide bonds. The second-order valence-corrected chi connectivity index (χ2v) is 8.30. The highest BCUT2D eigenvalue weighted by Crippen LogP contribution is 2.40. The first kappa shape index (κ1) is 20.8. The first-order chi connectivity index (χ1) is 15.7. The number of carbonyl (C=O) groups is 2. The number of rotatable bonds is 6. The van der Waals surface area contributed by atoms with Crippen molar-refractivity contribution < 1.29 is 18.5 Å². The minimum absolute atomic E-state index is 0.0389. The third-order valence-corrected chi connectivity index (χ3v) is 5.93. The predicted molar refractivity (Wildman–Crippen MR) is 117 cm³/mol. The Hall–Kier alpha value is -4.08. The van der Waals surface area contributed by atoms with E-state index in [2.05, 4.69) is 15.2 Å². The molecule has 0 saturated heterocycles. The minimum atomic E-state index is -0.865. The number of hydrogen-bond acceptors (Lipinski definition) is 6. The maximum atomic E-state index is 13.8. The molecule has 1 fully saturated rings. The highest BCUT2D eigenvalue weighted by molar-refractivity contribution is 6.15. The van der Waals surface area contributed by atoms with Crippen LogP contribution in [0.1, 0.15) is 62.4 Å². The van der Waals surface area contributed by atoms with Crippen molar-refractivity contribution in [1.29, 1.82) is 0 Å². The van der Waals surface area contributed by atoms with Crippen molar-refractivity contribution in [2.45, 2.75) is 39.2 Å². The van der Waals surface area contributed by atoms with Crippen LogP contribution in [0.5, 0.6) is 0 Å². The summed E-state index contributed by atoms with van der Waals surface area (Å²) in [7, 11) is 0. The molecule has 1 aliphatic carbocycles. The van der Waals surface area contributed by atoms with Gasteiger partial charge in [-0.2, -0.15) is 5.10 Å². The summed E-state index contributed by atoms with van der Waals surface area (Å²) in [4.78, 5) is 29.2. The van der Waals surface area contributed by atoms with Gasteiger partial charge < -0.3 is 16.0 Å². The molecule has 10 heteroatoms. The van der Waals surface area contributed by atoms with E-state index in [1.54, 1.807) is 11.6 Å². The van der Waals surface area contributed by atoms with Gasteiger partial charge in [-0.05, 0) is 38.8 Å². The maximum absolute atomic E-state index is 13.8. The van der Waals surface area contributed by atoms with Crippen molar-refractivity contribution in [1.82, 2.24) is 19.9 Å². The monoisotopic (exact) mass is 448 g/mol. The molecule has 9 nitrogen and oxygen atoms in total. The summed E-state index contributed by atoms with van der Waals surface area (Å²) in [6, 6.07) is 5.66. The molecule has 4 N–H and O–H groups in total. The Morgan fingerprint density at radius 3 is 2.58 bits per heavy atom. The Kier molecular flexibility index (Phi) is 4.73. The van der Waals surface area contributed by atoms with Crippen LogP contribution in [0.15, 0.2) is 28.8 Å². The summed E-state index contributed by atoms with van der Waals surface area (Å²) < 4.78 is 21.0. The zero-order chi connectivity index (χ0) is 23.4. The van der Waals surface area contributed by atoms with E-state index in [1.165, 1.54) is 12.1 Å². The summed E-state index contributed by atoms with van der Waals surface area (Å²) >= 11 is 0. The maximum Gasteiger partial charge on any atom is 0.267 e. The van der Waals surface area contributed by atoms with Crippen molar-refractivity contribution >= 4 is 22.7 Å². The summed E-state index contributed by atoms with van der Waals surface area (Å²) in [6.07, 6.45) is 2.20. The topological polar surface area (TPSA) is 143 Å². The Morgan fingerprint density at radius 1 is 1.15 bits per heavy atom. The highest BCUT2D eigenvalue weighted by atomic mass is 19.1. The fourth-order valence-corrected chi connectivity index (χ4v) is 4.24. The quantitative estimate of drug-likeness (QED) is 0.464. The number of nitrogens with two attached hydrogens (primary N) is 2. The van der Waals surface area contributed by atoms with Crippen LogP contribution in [0.2, 0.25) is 0 Å². The van der Waals surface area contributed by atoms with Crippen LogP contribution in [0.3, 0.4) is 0 Å². The standard InChI is InChI=1S/C23H21FN6O3/c1-10-18(11(2)30(28-10)9-14-8-17(33-29-14)12-3-4-12)20-19(22(25)31)15-6-5-13(24)7-16(15)27-21(20)23(26)32/h5-8,12H,3-4,9H2,1-2H3,(H2,25,31)(H2,26,32). The lowest BCUT2D eigenvalue weighted by atomic mass is 9.92. The summed E-state index contributed by atoms with van der Waals surface area (Å²) in [5, 5.41) is 9.04. The van der Waals surface area contributed by atoms with Gasteiger partial charge in [-0.1, -0.05) is 5.16 Å². The van der Waals surface area contributed by atoms with Crippen LogP contribution in [0, 0.1) is 19.7 Å². The van der Waals surface area contributed by atoms with Crippen LogP contribution in [-0.4, -0.2) is 31.7 Å². The van der Waals surface area contributed by atoms with Crippen molar-refractivity contribution in [2.24, 2.45) is 11.5 Å². The number of aryl methyl sites for hydroxylation is 1. The van der Waals surface area contributed by atoms with E-state index in [0.717, 1.165) is 24.7 Å². The molecule has 4 aromatic rings. The van der Waals surface area contributed by atoms with Gasteiger partial charge in [0.15, 0.2) is 0 Å². The van der Waals surface area contributed by atoms with E-state index in [0.29, 0.717) is 40.5 Å². The van der Waals surface area contributed by atoms with Gasteiger partial charge in [-0.3, -0.25) is 14.3 Å². The number of primary amides is 2. The molecular weight excluding hydrogens is 427 g/mol. The van der Waals surface area contributed by atoms with E-state index < -0.39 is 17.6 Å².